The van der Waals surface area contributed by atoms with Crippen LogP contribution in [0.5, 0.6) is 5.75 Å². The number of carbonyl (C=O) groups is 1. The van der Waals surface area contributed by atoms with E-state index in [2.05, 4.69) is 5.32 Å². The molecule has 0 spiro atoms. The lowest BCUT2D eigenvalue weighted by Crippen LogP contribution is -2.27. The molecule has 6 heteroatoms. The highest BCUT2D eigenvalue weighted by Gasteiger charge is 2.15. The van der Waals surface area contributed by atoms with Crippen molar-refractivity contribution in [3.8, 4) is 11.4 Å². The Morgan fingerprint density at radius 2 is 1.73 bits per heavy atom. The summed E-state index contributed by atoms with van der Waals surface area (Å²) in [5, 5.41) is 3.85. The maximum Gasteiger partial charge on any atom is 0.262 e. The van der Waals surface area contributed by atoms with Crippen molar-refractivity contribution in [2.45, 2.75) is 6.54 Å². The molecule has 0 aliphatic rings. The lowest BCUT2D eigenvalue weighted by Gasteiger charge is -2.13. The highest BCUT2D eigenvalue weighted by atomic mass is 19.1. The molecule has 0 saturated carbocycles. The first kappa shape index (κ1) is 19.4. The van der Waals surface area contributed by atoms with Gasteiger partial charge in [-0.05, 0) is 35.9 Å². The molecule has 1 aromatic heterocycles. The Kier molecular flexibility index (Phi) is 5.30. The summed E-state index contributed by atoms with van der Waals surface area (Å²) in [5.74, 6) is -0.0523. The van der Waals surface area contributed by atoms with Gasteiger partial charge in [0, 0.05) is 29.6 Å². The highest BCUT2D eigenvalue weighted by molar-refractivity contribution is 6.06. The summed E-state index contributed by atoms with van der Waals surface area (Å²) in [6.07, 6.45) is 1.54. The molecule has 0 saturated heterocycles. The van der Waals surface area contributed by atoms with Crippen LogP contribution in [0.2, 0.25) is 0 Å². The fraction of sp³-hybridized carbons (Fsp3) is 0.0833. The Bertz CT molecular complexity index is 1280. The Morgan fingerprint density at radius 3 is 2.47 bits per heavy atom. The van der Waals surface area contributed by atoms with Crippen molar-refractivity contribution in [1.82, 2.24) is 9.88 Å². The summed E-state index contributed by atoms with van der Waals surface area (Å²) in [6, 6.07) is 20.0. The fourth-order valence-electron chi connectivity index (χ4n) is 3.30. The Morgan fingerprint density at radius 1 is 1.00 bits per heavy atom. The van der Waals surface area contributed by atoms with E-state index in [-0.39, 0.29) is 23.8 Å². The van der Waals surface area contributed by atoms with Crippen molar-refractivity contribution in [2.24, 2.45) is 0 Å². The number of methoxy groups -OCH3 is 1. The van der Waals surface area contributed by atoms with E-state index in [9.17, 15) is 14.0 Å². The third-order valence-corrected chi connectivity index (χ3v) is 4.87. The number of fused-ring (bicyclic) bond motifs is 1. The first-order chi connectivity index (χ1) is 14.6. The molecular weight excluding hydrogens is 383 g/mol. The van der Waals surface area contributed by atoms with Crippen molar-refractivity contribution in [1.29, 1.82) is 0 Å². The molecular formula is C24H19FN2O3. The van der Waals surface area contributed by atoms with Crippen molar-refractivity contribution in [3.63, 3.8) is 0 Å². The standard InChI is InChI=1S/C24H19FN2O3/c1-30-19-6-4-5-18(13-19)27-15-22(20-7-2-3-8-21(20)24(27)29)23(28)26-14-16-9-11-17(25)12-10-16/h2-13,15H,14H2,1H3,(H,26,28). The van der Waals surface area contributed by atoms with E-state index in [1.807, 2.05) is 0 Å². The molecule has 0 unspecified atom stereocenters. The zero-order chi connectivity index (χ0) is 21.1. The van der Waals surface area contributed by atoms with E-state index in [4.69, 9.17) is 4.74 Å². The van der Waals surface area contributed by atoms with Crippen molar-refractivity contribution in [2.75, 3.05) is 7.11 Å². The van der Waals surface area contributed by atoms with Gasteiger partial charge in [-0.25, -0.2) is 4.39 Å². The number of amides is 1. The van der Waals surface area contributed by atoms with Crippen LogP contribution < -0.4 is 15.6 Å². The average Bonchev–Trinajstić information content (AvgIpc) is 2.79. The molecule has 4 rings (SSSR count). The van der Waals surface area contributed by atoms with Gasteiger partial charge in [-0.15, -0.1) is 0 Å². The number of hydrogen-bond donors (Lipinski definition) is 1. The number of hydrogen-bond acceptors (Lipinski definition) is 3. The largest absolute Gasteiger partial charge is 0.497 e. The average molecular weight is 402 g/mol. The fourth-order valence-corrected chi connectivity index (χ4v) is 3.30. The van der Waals surface area contributed by atoms with E-state index in [1.54, 1.807) is 74.0 Å². The SMILES string of the molecule is COc1cccc(-n2cc(C(=O)NCc3ccc(F)cc3)c3ccccc3c2=O)c1. The van der Waals surface area contributed by atoms with Gasteiger partial charge in [0.25, 0.3) is 11.5 Å². The lowest BCUT2D eigenvalue weighted by molar-refractivity contribution is 0.0952. The summed E-state index contributed by atoms with van der Waals surface area (Å²) < 4.78 is 19.8. The first-order valence-corrected chi connectivity index (χ1v) is 9.38. The summed E-state index contributed by atoms with van der Waals surface area (Å²) in [7, 11) is 1.55. The number of nitrogens with one attached hydrogen (secondary N) is 1. The van der Waals surface area contributed by atoms with Gasteiger partial charge in [-0.3, -0.25) is 14.2 Å². The maximum atomic E-state index is 13.1. The van der Waals surface area contributed by atoms with Crippen LogP contribution in [-0.4, -0.2) is 17.6 Å². The molecule has 4 aromatic rings. The smallest absolute Gasteiger partial charge is 0.262 e. The van der Waals surface area contributed by atoms with Gasteiger partial charge >= 0.3 is 0 Å². The number of benzene rings is 3. The van der Waals surface area contributed by atoms with Gasteiger partial charge in [0.15, 0.2) is 0 Å². The first-order valence-electron chi connectivity index (χ1n) is 9.38. The minimum absolute atomic E-state index is 0.228. The van der Waals surface area contributed by atoms with Crippen LogP contribution in [0.15, 0.2) is 83.8 Å². The molecule has 150 valence electrons. The van der Waals surface area contributed by atoms with Crippen molar-refractivity contribution >= 4 is 16.7 Å². The minimum atomic E-state index is -0.332. The van der Waals surface area contributed by atoms with E-state index in [0.29, 0.717) is 27.8 Å². The van der Waals surface area contributed by atoms with E-state index < -0.39 is 0 Å². The molecule has 3 aromatic carbocycles. The van der Waals surface area contributed by atoms with Gasteiger partial charge in [-0.1, -0.05) is 36.4 Å². The number of nitrogens with zero attached hydrogens (tertiary/aromatic N) is 1. The predicted molar refractivity (Wildman–Crippen MR) is 114 cm³/mol. The normalized spacial score (nSPS) is 10.7. The van der Waals surface area contributed by atoms with Crippen LogP contribution in [-0.2, 0) is 6.54 Å². The quantitative estimate of drug-likeness (QED) is 0.548. The van der Waals surface area contributed by atoms with Crippen molar-refractivity contribution in [3.05, 3.63) is 106 Å². The molecule has 1 heterocycles. The highest BCUT2D eigenvalue weighted by Crippen LogP contribution is 2.20. The van der Waals surface area contributed by atoms with Crippen molar-refractivity contribution < 1.29 is 13.9 Å². The number of ether oxygens (including phenoxy) is 1. The number of pyridine rings is 1. The Balaban J connectivity index is 1.76. The van der Waals surface area contributed by atoms with Crippen LogP contribution >= 0.6 is 0 Å². The second-order valence-electron chi connectivity index (χ2n) is 6.77. The van der Waals surface area contributed by atoms with Crippen LogP contribution in [0.3, 0.4) is 0 Å². The van der Waals surface area contributed by atoms with Gasteiger partial charge < -0.3 is 10.1 Å². The van der Waals surface area contributed by atoms with E-state index >= 15 is 0 Å². The van der Waals surface area contributed by atoms with E-state index in [1.165, 1.54) is 16.7 Å². The zero-order valence-corrected chi connectivity index (χ0v) is 16.3. The summed E-state index contributed by atoms with van der Waals surface area (Å²) >= 11 is 0. The molecule has 0 aliphatic carbocycles. The molecule has 1 N–H and O–H groups in total. The number of halogens is 1. The monoisotopic (exact) mass is 402 g/mol. The third kappa shape index (κ3) is 3.80. The summed E-state index contributed by atoms with van der Waals surface area (Å²) in [6.45, 7) is 0.242. The second-order valence-corrected chi connectivity index (χ2v) is 6.77. The molecule has 1 amide bonds. The number of aromatic nitrogens is 1. The topological polar surface area (TPSA) is 60.3 Å². The van der Waals surface area contributed by atoms with Gasteiger partial charge in [0.05, 0.1) is 18.4 Å². The van der Waals surface area contributed by atoms with Gasteiger partial charge in [-0.2, -0.15) is 0 Å². The predicted octanol–water partition coefficient (Wildman–Crippen LogP) is 4.07. The molecule has 5 nitrogen and oxygen atoms in total. The van der Waals surface area contributed by atoms with Crippen LogP contribution in [0.4, 0.5) is 4.39 Å². The molecule has 30 heavy (non-hydrogen) atoms. The Labute approximate surface area is 172 Å². The summed E-state index contributed by atoms with van der Waals surface area (Å²) in [5.41, 5.74) is 1.51. The maximum absolute atomic E-state index is 13.1. The Hall–Kier alpha value is -3.93. The van der Waals surface area contributed by atoms with Gasteiger partial charge in [0.1, 0.15) is 11.6 Å². The number of carbonyl (C=O) groups excluding carboxylic acids is 1. The minimum Gasteiger partial charge on any atom is -0.497 e. The van der Waals surface area contributed by atoms with Crippen LogP contribution in [0, 0.1) is 5.82 Å². The molecule has 0 aliphatic heterocycles. The van der Waals surface area contributed by atoms with Crippen LogP contribution in [0.1, 0.15) is 15.9 Å². The van der Waals surface area contributed by atoms with E-state index in [0.717, 1.165) is 5.56 Å². The lowest BCUT2D eigenvalue weighted by atomic mass is 10.1. The zero-order valence-electron chi connectivity index (χ0n) is 16.3. The van der Waals surface area contributed by atoms with Crippen LogP contribution in [0.25, 0.3) is 16.5 Å². The molecule has 0 bridgehead atoms. The van der Waals surface area contributed by atoms with Gasteiger partial charge in [0.2, 0.25) is 0 Å². The molecule has 0 fully saturated rings. The number of rotatable bonds is 5. The molecule has 0 radical (unpaired) electrons. The summed E-state index contributed by atoms with van der Waals surface area (Å²) in [4.78, 5) is 26.1. The second kappa shape index (κ2) is 8.21. The molecule has 0 atom stereocenters. The third-order valence-electron chi connectivity index (χ3n) is 4.87.